The Hall–Kier alpha value is -0.600. The smallest absolute Gasteiger partial charge is 0.263 e. The number of hydrazone groups is 1. The van der Waals surface area contributed by atoms with E-state index in [2.05, 4.69) is 21.0 Å². The van der Waals surface area contributed by atoms with Gasteiger partial charge in [-0.15, -0.1) is 0 Å². The molecule has 0 aromatic carbocycles. The van der Waals surface area contributed by atoms with Crippen LogP contribution in [0.1, 0.15) is 6.92 Å². The average Bonchev–Trinajstić information content (AvgIpc) is 2.44. The Morgan fingerprint density at radius 1 is 1.33 bits per heavy atom. The molecule has 0 amide bonds. The van der Waals surface area contributed by atoms with Crippen molar-refractivity contribution in [3.05, 3.63) is 0 Å². The lowest BCUT2D eigenvalue weighted by Gasteiger charge is -2.32. The SMILES string of the molecule is CCN1N=CN(C(F)(F)C(F)(F)F)C1Br. The summed E-state index contributed by atoms with van der Waals surface area (Å²) in [6.07, 6.45) is -5.16. The zero-order valence-electron chi connectivity index (χ0n) is 7.47. The minimum Gasteiger partial charge on any atom is -0.263 e. The third-order valence-electron chi connectivity index (χ3n) is 1.79. The summed E-state index contributed by atoms with van der Waals surface area (Å²) < 4.78 is 61.7. The van der Waals surface area contributed by atoms with Crippen LogP contribution in [0.4, 0.5) is 22.0 Å². The maximum atomic E-state index is 12.8. The highest BCUT2D eigenvalue weighted by atomic mass is 79.9. The van der Waals surface area contributed by atoms with E-state index in [1.54, 1.807) is 6.92 Å². The minimum absolute atomic E-state index is 0.184. The van der Waals surface area contributed by atoms with Crippen molar-refractivity contribution in [3.63, 3.8) is 0 Å². The van der Waals surface area contributed by atoms with E-state index in [0.29, 0.717) is 6.34 Å². The third-order valence-corrected chi connectivity index (χ3v) is 2.70. The number of hydrogen-bond donors (Lipinski definition) is 0. The normalized spacial score (nSPS) is 22.7. The Labute approximate surface area is 90.6 Å². The zero-order valence-corrected chi connectivity index (χ0v) is 9.06. The molecule has 0 saturated carbocycles. The van der Waals surface area contributed by atoms with Crippen LogP contribution in [0, 0.1) is 0 Å². The molecule has 3 nitrogen and oxygen atoms in total. The van der Waals surface area contributed by atoms with Gasteiger partial charge in [0.2, 0.25) is 0 Å². The van der Waals surface area contributed by atoms with Gasteiger partial charge in [-0.1, -0.05) is 0 Å². The Balaban J connectivity index is 2.88. The molecule has 0 bridgehead atoms. The molecular weight excluding hydrogens is 289 g/mol. The summed E-state index contributed by atoms with van der Waals surface area (Å²) in [7, 11) is 0. The fraction of sp³-hybridized carbons (Fsp3) is 0.833. The van der Waals surface area contributed by atoms with Crippen LogP contribution in [0.25, 0.3) is 0 Å². The van der Waals surface area contributed by atoms with Gasteiger partial charge in [-0.3, -0.25) is 9.91 Å². The highest BCUT2D eigenvalue weighted by Gasteiger charge is 2.64. The Kier molecular flexibility index (Phi) is 3.13. The second kappa shape index (κ2) is 3.76. The molecule has 0 fully saturated rings. The van der Waals surface area contributed by atoms with Crippen molar-refractivity contribution in [1.82, 2.24) is 9.91 Å². The summed E-state index contributed by atoms with van der Waals surface area (Å²) in [6, 6.07) is -4.94. The van der Waals surface area contributed by atoms with Gasteiger partial charge in [0.05, 0.1) is 0 Å². The van der Waals surface area contributed by atoms with Gasteiger partial charge in [-0.05, 0) is 22.9 Å². The first-order chi connectivity index (χ1) is 6.71. The Bertz CT molecular complexity index is 266. The van der Waals surface area contributed by atoms with Crippen LogP contribution >= 0.6 is 15.9 Å². The van der Waals surface area contributed by atoms with Gasteiger partial charge in [0, 0.05) is 6.54 Å². The van der Waals surface area contributed by atoms with Crippen LogP contribution in [0.5, 0.6) is 0 Å². The molecule has 9 heteroatoms. The Morgan fingerprint density at radius 3 is 2.20 bits per heavy atom. The second-order valence-corrected chi connectivity index (χ2v) is 3.56. The molecule has 1 atom stereocenters. The molecule has 1 aliphatic heterocycles. The predicted octanol–water partition coefficient (Wildman–Crippen LogP) is 2.40. The van der Waals surface area contributed by atoms with Crippen LogP contribution < -0.4 is 0 Å². The molecule has 0 N–H and O–H groups in total. The molecule has 0 spiro atoms. The molecule has 15 heavy (non-hydrogen) atoms. The summed E-state index contributed by atoms with van der Waals surface area (Å²) in [5.41, 5.74) is 0. The summed E-state index contributed by atoms with van der Waals surface area (Å²) in [5, 5.41) is 3.17. The lowest BCUT2D eigenvalue weighted by Crippen LogP contribution is -2.54. The van der Waals surface area contributed by atoms with Gasteiger partial charge in [-0.25, -0.2) is 0 Å². The van der Waals surface area contributed by atoms with E-state index in [-0.39, 0.29) is 11.4 Å². The summed E-state index contributed by atoms with van der Waals surface area (Å²) in [4.78, 5) is -0.184. The van der Waals surface area contributed by atoms with Crippen LogP contribution in [0.15, 0.2) is 5.10 Å². The molecule has 0 aromatic heterocycles. The van der Waals surface area contributed by atoms with Crippen molar-refractivity contribution in [2.24, 2.45) is 5.10 Å². The molecule has 0 radical (unpaired) electrons. The van der Waals surface area contributed by atoms with Gasteiger partial charge >= 0.3 is 12.2 Å². The molecular formula is C6H7BrF5N3. The van der Waals surface area contributed by atoms with E-state index in [4.69, 9.17) is 0 Å². The maximum Gasteiger partial charge on any atom is 0.475 e. The van der Waals surface area contributed by atoms with Crippen LogP contribution in [-0.4, -0.2) is 40.1 Å². The third kappa shape index (κ3) is 2.01. The van der Waals surface area contributed by atoms with Crippen LogP contribution in [0.3, 0.4) is 0 Å². The topological polar surface area (TPSA) is 18.8 Å². The van der Waals surface area contributed by atoms with Crippen molar-refractivity contribution in [1.29, 1.82) is 0 Å². The molecule has 0 aliphatic carbocycles. The highest BCUT2D eigenvalue weighted by Crippen LogP contribution is 2.41. The van der Waals surface area contributed by atoms with Crippen LogP contribution in [0.2, 0.25) is 0 Å². The number of alkyl halides is 6. The molecule has 1 unspecified atom stereocenters. The van der Waals surface area contributed by atoms with E-state index < -0.39 is 17.3 Å². The lowest BCUT2D eigenvalue weighted by atomic mass is 10.5. The zero-order chi connectivity index (χ0) is 11.9. The van der Waals surface area contributed by atoms with Crippen molar-refractivity contribution in [2.75, 3.05) is 6.54 Å². The first kappa shape index (κ1) is 12.5. The number of nitrogens with zero attached hydrogens (tertiary/aromatic N) is 3. The monoisotopic (exact) mass is 295 g/mol. The minimum atomic E-state index is -5.63. The van der Waals surface area contributed by atoms with Crippen molar-refractivity contribution < 1.29 is 22.0 Å². The van der Waals surface area contributed by atoms with Gasteiger partial charge in [0.1, 0.15) is 6.34 Å². The molecule has 0 saturated heterocycles. The average molecular weight is 296 g/mol. The Morgan fingerprint density at radius 2 is 1.87 bits per heavy atom. The fourth-order valence-corrected chi connectivity index (χ4v) is 1.72. The quantitative estimate of drug-likeness (QED) is 0.443. The molecule has 1 heterocycles. The van der Waals surface area contributed by atoms with Gasteiger partial charge < -0.3 is 0 Å². The first-order valence-electron chi connectivity index (χ1n) is 3.89. The summed E-state index contributed by atoms with van der Waals surface area (Å²) >= 11 is 2.71. The second-order valence-electron chi connectivity index (χ2n) is 2.74. The largest absolute Gasteiger partial charge is 0.475 e. The standard InChI is InChI=1S/C6H7BrF5N3/c1-2-15-4(7)14(3-13-15)6(11,12)5(8,9)10/h3-4H,2H2,1H3. The highest BCUT2D eigenvalue weighted by molar-refractivity contribution is 9.09. The maximum absolute atomic E-state index is 12.8. The predicted molar refractivity (Wildman–Crippen MR) is 46.4 cm³/mol. The van der Waals surface area contributed by atoms with Gasteiger partial charge in [0.25, 0.3) is 0 Å². The van der Waals surface area contributed by atoms with E-state index in [0.717, 1.165) is 5.01 Å². The lowest BCUT2D eigenvalue weighted by molar-refractivity contribution is -0.328. The molecule has 88 valence electrons. The van der Waals surface area contributed by atoms with Crippen LogP contribution in [-0.2, 0) is 0 Å². The molecule has 0 aromatic rings. The number of hydrogen-bond acceptors (Lipinski definition) is 3. The van der Waals surface area contributed by atoms with E-state index >= 15 is 0 Å². The number of rotatable bonds is 2. The van der Waals surface area contributed by atoms with Crippen molar-refractivity contribution >= 4 is 22.3 Å². The van der Waals surface area contributed by atoms with E-state index in [1.807, 2.05) is 0 Å². The summed E-state index contributed by atoms with van der Waals surface area (Å²) in [5.74, 6) is 0. The number of halogens is 6. The van der Waals surface area contributed by atoms with E-state index in [9.17, 15) is 22.0 Å². The molecule has 1 rings (SSSR count). The summed E-state index contributed by atoms with van der Waals surface area (Å²) in [6.45, 7) is 1.80. The van der Waals surface area contributed by atoms with E-state index in [1.165, 1.54) is 0 Å². The molecule has 1 aliphatic rings. The van der Waals surface area contributed by atoms with Gasteiger partial charge in [0.15, 0.2) is 5.08 Å². The van der Waals surface area contributed by atoms with Gasteiger partial charge in [-0.2, -0.15) is 27.1 Å². The van der Waals surface area contributed by atoms with Crippen molar-refractivity contribution in [3.8, 4) is 0 Å². The van der Waals surface area contributed by atoms with Crippen molar-refractivity contribution in [2.45, 2.75) is 24.2 Å². The first-order valence-corrected chi connectivity index (χ1v) is 4.81. The fourth-order valence-electron chi connectivity index (χ4n) is 0.961.